The van der Waals surface area contributed by atoms with Gasteiger partial charge < -0.3 is 10.1 Å². The number of nitrogens with one attached hydrogen (secondary N) is 1. The summed E-state index contributed by atoms with van der Waals surface area (Å²) in [6.45, 7) is 8.53. The molecule has 0 spiro atoms. The Hall–Kier alpha value is -0.570. The number of ether oxygens (including phenoxy) is 1. The van der Waals surface area contributed by atoms with Gasteiger partial charge in [0.2, 0.25) is 0 Å². The molecule has 0 rings (SSSR count). The quantitative estimate of drug-likeness (QED) is 0.643. The molecule has 3 nitrogen and oxygen atoms in total. The smallest absolute Gasteiger partial charge is 0.307 e. The van der Waals surface area contributed by atoms with Gasteiger partial charge in [0.15, 0.2) is 0 Å². The predicted molar refractivity (Wildman–Crippen MR) is 53.6 cm³/mol. The molecule has 0 aliphatic carbocycles. The van der Waals surface area contributed by atoms with Crippen LogP contribution in [-0.2, 0) is 9.53 Å². The highest BCUT2D eigenvalue weighted by atomic mass is 16.5. The number of carbonyl (C=O) groups excluding carboxylic acids is 1. The van der Waals surface area contributed by atoms with Crippen molar-refractivity contribution in [2.75, 3.05) is 6.61 Å². The minimum absolute atomic E-state index is 0.120. The van der Waals surface area contributed by atoms with E-state index >= 15 is 0 Å². The first-order valence-electron chi connectivity index (χ1n) is 5.01. The summed E-state index contributed by atoms with van der Waals surface area (Å²) in [4.78, 5) is 11.1. The van der Waals surface area contributed by atoms with Crippen LogP contribution in [0, 0.1) is 0 Å². The molecular formula is C10H21NO2. The van der Waals surface area contributed by atoms with Crippen LogP contribution in [-0.4, -0.2) is 24.7 Å². The van der Waals surface area contributed by atoms with E-state index < -0.39 is 0 Å². The van der Waals surface area contributed by atoms with Gasteiger partial charge in [0, 0.05) is 12.1 Å². The van der Waals surface area contributed by atoms with Crippen molar-refractivity contribution < 1.29 is 9.53 Å². The first-order chi connectivity index (χ1) is 6.10. The number of hydrogen-bond donors (Lipinski definition) is 1. The highest BCUT2D eigenvalue weighted by molar-refractivity contribution is 5.69. The van der Waals surface area contributed by atoms with Crippen LogP contribution in [0.5, 0.6) is 0 Å². The molecule has 0 saturated heterocycles. The van der Waals surface area contributed by atoms with E-state index in [1.165, 1.54) is 0 Å². The van der Waals surface area contributed by atoms with Crippen molar-refractivity contribution in [3.8, 4) is 0 Å². The fraction of sp³-hybridized carbons (Fsp3) is 0.900. The molecule has 0 amide bonds. The third-order valence-corrected chi connectivity index (χ3v) is 1.96. The largest absolute Gasteiger partial charge is 0.466 e. The highest BCUT2D eigenvalue weighted by Gasteiger charge is 2.10. The van der Waals surface area contributed by atoms with Gasteiger partial charge in [0.05, 0.1) is 13.0 Å². The fourth-order valence-electron chi connectivity index (χ4n) is 1.13. The molecule has 0 aliphatic rings. The van der Waals surface area contributed by atoms with E-state index in [1.54, 1.807) is 0 Å². The Morgan fingerprint density at radius 2 is 1.92 bits per heavy atom. The summed E-state index contributed by atoms with van der Waals surface area (Å²) in [5.41, 5.74) is 0. The zero-order chi connectivity index (χ0) is 10.3. The summed E-state index contributed by atoms with van der Waals surface area (Å²) in [7, 11) is 0. The third kappa shape index (κ3) is 6.58. The number of carbonyl (C=O) groups is 1. The second kappa shape index (κ2) is 6.89. The lowest BCUT2D eigenvalue weighted by atomic mass is 10.2. The monoisotopic (exact) mass is 187 g/mol. The summed E-state index contributed by atoms with van der Waals surface area (Å²) in [5.74, 6) is -0.120. The predicted octanol–water partition coefficient (Wildman–Crippen LogP) is 1.72. The van der Waals surface area contributed by atoms with E-state index in [0.29, 0.717) is 19.1 Å². The maximum Gasteiger partial charge on any atom is 0.307 e. The fourth-order valence-corrected chi connectivity index (χ4v) is 1.13. The van der Waals surface area contributed by atoms with Gasteiger partial charge in [0.1, 0.15) is 0 Å². The molecule has 13 heavy (non-hydrogen) atoms. The molecule has 0 saturated carbocycles. The van der Waals surface area contributed by atoms with Crippen molar-refractivity contribution in [2.24, 2.45) is 0 Å². The van der Waals surface area contributed by atoms with E-state index in [1.807, 2.05) is 13.8 Å². The second-order valence-electron chi connectivity index (χ2n) is 3.39. The van der Waals surface area contributed by atoms with Crippen LogP contribution in [0.1, 0.15) is 40.5 Å². The Bertz CT molecular complexity index is 148. The van der Waals surface area contributed by atoms with Crippen LogP contribution in [0.15, 0.2) is 0 Å². The van der Waals surface area contributed by atoms with Gasteiger partial charge in [-0.1, -0.05) is 6.92 Å². The molecule has 0 aromatic rings. The molecule has 0 fully saturated rings. The minimum Gasteiger partial charge on any atom is -0.466 e. The lowest BCUT2D eigenvalue weighted by Crippen LogP contribution is -2.35. The highest BCUT2D eigenvalue weighted by Crippen LogP contribution is 1.97. The zero-order valence-corrected chi connectivity index (χ0v) is 9.09. The Balaban J connectivity index is 3.60. The molecule has 0 aliphatic heterocycles. The van der Waals surface area contributed by atoms with E-state index in [2.05, 4.69) is 19.2 Å². The number of esters is 1. The Labute approximate surface area is 80.8 Å². The second-order valence-corrected chi connectivity index (χ2v) is 3.39. The van der Waals surface area contributed by atoms with E-state index in [-0.39, 0.29) is 12.0 Å². The molecule has 0 aromatic carbocycles. The molecule has 0 radical (unpaired) electrons. The van der Waals surface area contributed by atoms with E-state index in [0.717, 1.165) is 6.42 Å². The topological polar surface area (TPSA) is 38.3 Å². The maximum absolute atomic E-state index is 11.1. The summed E-state index contributed by atoms with van der Waals surface area (Å²) in [6.07, 6.45) is 1.53. The van der Waals surface area contributed by atoms with Crippen molar-refractivity contribution >= 4 is 5.97 Å². The normalized spacial score (nSPS) is 15.1. The van der Waals surface area contributed by atoms with Crippen LogP contribution in [0.2, 0.25) is 0 Å². The van der Waals surface area contributed by atoms with Gasteiger partial charge in [-0.2, -0.15) is 0 Å². The molecule has 0 heterocycles. The van der Waals surface area contributed by atoms with Gasteiger partial charge in [-0.25, -0.2) is 0 Å². The lowest BCUT2D eigenvalue weighted by Gasteiger charge is -2.17. The standard InChI is InChI=1S/C10H21NO2/c1-5-8(3)11-9(4)7-10(12)13-6-2/h8-9,11H,5-7H2,1-4H3. The van der Waals surface area contributed by atoms with E-state index in [4.69, 9.17) is 4.74 Å². The van der Waals surface area contributed by atoms with Crippen molar-refractivity contribution in [3.05, 3.63) is 0 Å². The maximum atomic E-state index is 11.1. The van der Waals surface area contributed by atoms with Gasteiger partial charge >= 0.3 is 5.97 Å². The molecule has 1 N–H and O–H groups in total. The van der Waals surface area contributed by atoms with Crippen LogP contribution in [0.25, 0.3) is 0 Å². The SMILES string of the molecule is CCOC(=O)CC(C)NC(C)CC. The molecule has 0 bridgehead atoms. The molecule has 78 valence electrons. The summed E-state index contributed by atoms with van der Waals surface area (Å²) < 4.78 is 4.85. The average Bonchev–Trinajstić information content (AvgIpc) is 2.04. The lowest BCUT2D eigenvalue weighted by molar-refractivity contribution is -0.143. The van der Waals surface area contributed by atoms with Gasteiger partial charge in [-0.15, -0.1) is 0 Å². The van der Waals surface area contributed by atoms with Gasteiger partial charge in [-0.3, -0.25) is 4.79 Å². The molecule has 2 atom stereocenters. The number of hydrogen-bond acceptors (Lipinski definition) is 3. The Morgan fingerprint density at radius 1 is 1.31 bits per heavy atom. The molecular weight excluding hydrogens is 166 g/mol. The first-order valence-corrected chi connectivity index (χ1v) is 5.01. The van der Waals surface area contributed by atoms with Crippen LogP contribution in [0.3, 0.4) is 0 Å². The summed E-state index contributed by atoms with van der Waals surface area (Å²) >= 11 is 0. The van der Waals surface area contributed by atoms with Crippen molar-refractivity contribution in [1.82, 2.24) is 5.32 Å². The molecule has 3 heteroatoms. The van der Waals surface area contributed by atoms with Crippen molar-refractivity contribution in [3.63, 3.8) is 0 Å². The van der Waals surface area contributed by atoms with Gasteiger partial charge in [0.25, 0.3) is 0 Å². The van der Waals surface area contributed by atoms with Crippen molar-refractivity contribution in [2.45, 2.75) is 52.6 Å². The number of rotatable bonds is 6. The summed E-state index contributed by atoms with van der Waals surface area (Å²) in [5, 5.41) is 3.32. The first kappa shape index (κ1) is 12.4. The molecule has 0 aromatic heterocycles. The zero-order valence-electron chi connectivity index (χ0n) is 9.09. The third-order valence-electron chi connectivity index (χ3n) is 1.96. The van der Waals surface area contributed by atoms with E-state index in [9.17, 15) is 4.79 Å². The van der Waals surface area contributed by atoms with Crippen LogP contribution in [0.4, 0.5) is 0 Å². The molecule has 2 unspecified atom stereocenters. The van der Waals surface area contributed by atoms with Crippen molar-refractivity contribution in [1.29, 1.82) is 0 Å². The summed E-state index contributed by atoms with van der Waals surface area (Å²) in [6, 6.07) is 0.665. The van der Waals surface area contributed by atoms with Crippen LogP contribution >= 0.6 is 0 Å². The van der Waals surface area contributed by atoms with Gasteiger partial charge in [-0.05, 0) is 27.2 Å². The average molecular weight is 187 g/mol. The minimum atomic E-state index is -0.120. The Morgan fingerprint density at radius 3 is 2.38 bits per heavy atom. The van der Waals surface area contributed by atoms with Crippen LogP contribution < -0.4 is 5.32 Å². The Kier molecular flexibility index (Phi) is 6.59.